The molecule has 0 amide bonds. The van der Waals surface area contributed by atoms with E-state index in [4.69, 9.17) is 19.4 Å². The molecule has 350 valence electrons. The van der Waals surface area contributed by atoms with E-state index in [1.54, 1.807) is 0 Å². The minimum Gasteiger partial charge on any atom is -0.452 e. The van der Waals surface area contributed by atoms with Gasteiger partial charge in [0.2, 0.25) is 0 Å². The van der Waals surface area contributed by atoms with Crippen LogP contribution in [0.3, 0.4) is 0 Å². The zero-order chi connectivity index (χ0) is 49.4. The second-order valence-corrected chi connectivity index (χ2v) is 19.1. The van der Waals surface area contributed by atoms with Crippen molar-refractivity contribution in [1.82, 2.24) is 24.1 Å². The maximum atomic E-state index is 7.41. The van der Waals surface area contributed by atoms with Crippen molar-refractivity contribution in [2.45, 2.75) is 0 Å². The number of aromatic nitrogens is 5. The van der Waals surface area contributed by atoms with Crippen molar-refractivity contribution in [3.8, 4) is 78.9 Å². The minimum atomic E-state index is 0.578. The van der Waals surface area contributed by atoms with Gasteiger partial charge in [-0.2, -0.15) is 0 Å². The van der Waals surface area contributed by atoms with Crippen LogP contribution in [0.5, 0.6) is 0 Å². The number of hydrogen-bond donors (Lipinski definition) is 0. The number of benzene rings is 11. The zero-order valence-corrected chi connectivity index (χ0v) is 40.5. The zero-order valence-electron chi connectivity index (χ0n) is 40.5. The fraction of sp³-hybridized carbons (Fsp3) is 0. The first-order valence-corrected chi connectivity index (χ1v) is 25.3. The van der Waals surface area contributed by atoms with Gasteiger partial charge in [-0.1, -0.05) is 200 Å². The molecule has 0 saturated heterocycles. The summed E-state index contributed by atoms with van der Waals surface area (Å²) in [5.41, 5.74) is 17.4. The second-order valence-electron chi connectivity index (χ2n) is 19.1. The van der Waals surface area contributed by atoms with Gasteiger partial charge in [-0.05, 0) is 94.0 Å². The number of fused-ring (bicyclic) bond motifs is 11. The molecule has 0 N–H and O–H groups in total. The number of furan rings is 1. The third-order valence-electron chi connectivity index (χ3n) is 14.8. The first-order chi connectivity index (χ1) is 37.2. The molecule has 0 radical (unpaired) electrons. The van der Waals surface area contributed by atoms with Crippen LogP contribution in [0.4, 0.5) is 0 Å². The molecule has 0 aliphatic heterocycles. The maximum Gasteiger partial charge on any atom is 0.164 e. The summed E-state index contributed by atoms with van der Waals surface area (Å²) in [7, 11) is 0. The van der Waals surface area contributed by atoms with Crippen LogP contribution in [0.2, 0.25) is 0 Å². The monoisotopic (exact) mass is 957 g/mol. The van der Waals surface area contributed by atoms with Gasteiger partial charge in [0.15, 0.2) is 28.6 Å². The summed E-state index contributed by atoms with van der Waals surface area (Å²) in [6, 6.07) is 92.0. The first kappa shape index (κ1) is 42.5. The number of nitrogens with zero attached hydrogens (tertiary/aromatic N) is 5. The topological polar surface area (TPSA) is 61.7 Å². The van der Waals surface area contributed by atoms with E-state index in [0.717, 1.165) is 110 Å². The molecule has 4 aromatic heterocycles. The smallest absolute Gasteiger partial charge is 0.164 e. The average molecular weight is 958 g/mol. The van der Waals surface area contributed by atoms with Crippen LogP contribution in [0.1, 0.15) is 0 Å². The van der Waals surface area contributed by atoms with E-state index >= 15 is 0 Å². The van der Waals surface area contributed by atoms with E-state index in [1.165, 1.54) is 16.5 Å². The lowest BCUT2D eigenvalue weighted by Crippen LogP contribution is -2.01. The van der Waals surface area contributed by atoms with Gasteiger partial charge in [0, 0.05) is 60.4 Å². The fourth-order valence-electron chi connectivity index (χ4n) is 11.2. The molecule has 0 saturated carbocycles. The molecule has 0 bridgehead atoms. The highest BCUT2D eigenvalue weighted by atomic mass is 16.3. The molecular weight excluding hydrogens is 915 g/mol. The largest absolute Gasteiger partial charge is 0.452 e. The van der Waals surface area contributed by atoms with Gasteiger partial charge in [-0.3, -0.25) is 0 Å². The molecule has 15 rings (SSSR count). The lowest BCUT2D eigenvalue weighted by atomic mass is 10.0. The Morgan fingerprint density at radius 1 is 0.240 bits per heavy atom. The van der Waals surface area contributed by atoms with Gasteiger partial charge < -0.3 is 13.6 Å². The predicted molar refractivity (Wildman–Crippen MR) is 308 cm³/mol. The Labute approximate surface area is 431 Å². The molecule has 0 unspecified atom stereocenters. The Kier molecular flexibility index (Phi) is 9.78. The molecule has 0 spiro atoms. The van der Waals surface area contributed by atoms with Crippen molar-refractivity contribution in [2.24, 2.45) is 0 Å². The molecule has 6 heteroatoms. The van der Waals surface area contributed by atoms with E-state index in [-0.39, 0.29) is 0 Å². The van der Waals surface area contributed by atoms with Gasteiger partial charge in [0.1, 0.15) is 0 Å². The van der Waals surface area contributed by atoms with Crippen molar-refractivity contribution in [1.29, 1.82) is 0 Å². The van der Waals surface area contributed by atoms with Crippen LogP contribution in [-0.2, 0) is 0 Å². The van der Waals surface area contributed by atoms with Crippen LogP contribution in [-0.4, -0.2) is 24.1 Å². The predicted octanol–water partition coefficient (Wildman–Crippen LogP) is 18.0. The molecule has 0 aliphatic rings. The van der Waals surface area contributed by atoms with E-state index < -0.39 is 0 Å². The molecular formula is C69H43N5O. The minimum absolute atomic E-state index is 0.578. The third kappa shape index (κ3) is 7.07. The molecule has 11 aromatic carbocycles. The van der Waals surface area contributed by atoms with Gasteiger partial charge >= 0.3 is 0 Å². The Morgan fingerprint density at radius 3 is 1.09 bits per heavy atom. The highest BCUT2D eigenvalue weighted by Crippen LogP contribution is 2.45. The molecule has 15 aromatic rings. The van der Waals surface area contributed by atoms with Crippen molar-refractivity contribution < 1.29 is 4.42 Å². The quantitative estimate of drug-likeness (QED) is 0.152. The van der Waals surface area contributed by atoms with E-state index in [1.807, 2.05) is 12.1 Å². The van der Waals surface area contributed by atoms with Crippen LogP contribution >= 0.6 is 0 Å². The van der Waals surface area contributed by atoms with Crippen LogP contribution < -0.4 is 0 Å². The Balaban J connectivity index is 0.928. The lowest BCUT2D eigenvalue weighted by Gasteiger charge is -2.12. The second kappa shape index (κ2) is 17.3. The van der Waals surface area contributed by atoms with Crippen LogP contribution in [0.15, 0.2) is 265 Å². The van der Waals surface area contributed by atoms with Gasteiger partial charge in [0.25, 0.3) is 0 Å². The Morgan fingerprint density at radius 2 is 0.600 bits per heavy atom. The molecule has 0 atom stereocenters. The number of rotatable bonds is 8. The van der Waals surface area contributed by atoms with Crippen molar-refractivity contribution in [3.63, 3.8) is 0 Å². The molecule has 4 heterocycles. The van der Waals surface area contributed by atoms with E-state index in [9.17, 15) is 0 Å². The van der Waals surface area contributed by atoms with Gasteiger partial charge in [0.05, 0.1) is 22.1 Å². The summed E-state index contributed by atoms with van der Waals surface area (Å²) in [5, 5.41) is 6.68. The average Bonchev–Trinajstić information content (AvgIpc) is 4.16. The summed E-state index contributed by atoms with van der Waals surface area (Å²) in [5.74, 6) is 1.77. The third-order valence-corrected chi connectivity index (χ3v) is 14.8. The fourth-order valence-corrected chi connectivity index (χ4v) is 11.2. The molecule has 0 aliphatic carbocycles. The summed E-state index contributed by atoms with van der Waals surface area (Å²) in [6.45, 7) is 0. The molecule has 0 fully saturated rings. The highest BCUT2D eigenvalue weighted by molar-refractivity contribution is 6.26. The molecule has 6 nitrogen and oxygen atoms in total. The molecule has 75 heavy (non-hydrogen) atoms. The van der Waals surface area contributed by atoms with Crippen LogP contribution in [0.25, 0.3) is 144 Å². The highest BCUT2D eigenvalue weighted by Gasteiger charge is 2.24. The Hall–Kier alpha value is -10.2. The van der Waals surface area contributed by atoms with Gasteiger partial charge in [-0.15, -0.1) is 0 Å². The van der Waals surface area contributed by atoms with Crippen molar-refractivity contribution >= 4 is 65.6 Å². The summed E-state index contributed by atoms with van der Waals surface area (Å²) >= 11 is 0. The normalized spacial score (nSPS) is 11.7. The first-order valence-electron chi connectivity index (χ1n) is 25.3. The Bertz CT molecular complexity index is 4590. The SMILES string of the molecule is c1ccc(-c2ccc(-n3c4ccccc4c4ccc5c6ccc7c8ccccc8n(-c8cccc(-c9nc(-c%10cccc(-c%11ccccc%11)c%10)nc(-c%10cccc(-c%11ccccc%11)c%10)n9)c8)c7c6oc5c43)cc2)cc1. The number of para-hydroxylation sites is 2. The lowest BCUT2D eigenvalue weighted by molar-refractivity contribution is 0.673. The van der Waals surface area contributed by atoms with Crippen LogP contribution in [0, 0.1) is 0 Å². The van der Waals surface area contributed by atoms with Crippen molar-refractivity contribution in [3.05, 3.63) is 261 Å². The maximum absolute atomic E-state index is 7.41. The van der Waals surface area contributed by atoms with Crippen molar-refractivity contribution in [2.75, 3.05) is 0 Å². The van der Waals surface area contributed by atoms with Gasteiger partial charge in [-0.25, -0.2) is 15.0 Å². The van der Waals surface area contributed by atoms with E-state index in [2.05, 4.69) is 258 Å². The standard InChI is InChI=1S/C69H43N5O/c1-4-17-44(18-5-1)47-33-35-53(36-34-47)73-61-31-12-10-29-55(61)57-37-39-59-60-40-38-58-56-30-11-13-32-62(56)74(64(58)66(60)75-65(59)63(57)73)54-28-16-27-52(43-54)69-71-67(50-25-14-23-48(41-50)45-19-6-2-7-20-45)70-68(72-69)51-26-15-24-49(42-51)46-21-8-3-9-22-46/h1-43H. The number of hydrogen-bond acceptors (Lipinski definition) is 4. The summed E-state index contributed by atoms with van der Waals surface area (Å²) in [4.78, 5) is 15.8. The van der Waals surface area contributed by atoms with E-state index in [0.29, 0.717) is 17.5 Å². The summed E-state index contributed by atoms with van der Waals surface area (Å²) in [6.07, 6.45) is 0. The summed E-state index contributed by atoms with van der Waals surface area (Å²) < 4.78 is 12.1.